The summed E-state index contributed by atoms with van der Waals surface area (Å²) in [6, 6.07) is 6.50. The Labute approximate surface area is 89.1 Å². The van der Waals surface area contributed by atoms with Crippen molar-refractivity contribution in [2.24, 2.45) is 5.92 Å². The predicted molar refractivity (Wildman–Crippen MR) is 56.0 cm³/mol. The molecular weight excluding hydrogens is 186 g/mol. The van der Waals surface area contributed by atoms with Crippen LogP contribution in [0, 0.1) is 17.2 Å². The summed E-state index contributed by atoms with van der Waals surface area (Å²) in [6.45, 7) is 0.921. The molecule has 0 amide bonds. The lowest BCUT2D eigenvalue weighted by atomic mass is 9.86. The zero-order valence-electron chi connectivity index (χ0n) is 8.48. The van der Waals surface area contributed by atoms with Crippen LogP contribution in [0.3, 0.4) is 0 Å². The van der Waals surface area contributed by atoms with Crippen molar-refractivity contribution in [2.75, 3.05) is 6.54 Å². The van der Waals surface area contributed by atoms with E-state index in [4.69, 9.17) is 0 Å². The van der Waals surface area contributed by atoms with E-state index in [-0.39, 0.29) is 11.5 Å². The van der Waals surface area contributed by atoms with Gasteiger partial charge in [0.2, 0.25) is 0 Å². The number of nitrogens with zero attached hydrogens (tertiary/aromatic N) is 2. The van der Waals surface area contributed by atoms with E-state index in [0.717, 1.165) is 19.4 Å². The molecular formula is C12H13N3. The number of hydrogen-bond donors (Lipinski definition) is 1. The first-order valence-corrected chi connectivity index (χ1v) is 5.40. The van der Waals surface area contributed by atoms with Crippen molar-refractivity contribution in [3.05, 3.63) is 30.1 Å². The second-order valence-electron chi connectivity index (χ2n) is 4.54. The Balaban J connectivity index is 1.92. The molecule has 15 heavy (non-hydrogen) atoms. The second-order valence-corrected chi connectivity index (χ2v) is 4.54. The molecule has 1 spiro atoms. The average Bonchev–Trinajstić information content (AvgIpc) is 2.95. The minimum atomic E-state index is 0.127. The number of aromatic nitrogens is 1. The summed E-state index contributed by atoms with van der Waals surface area (Å²) < 4.78 is 0. The number of nitrogens with one attached hydrogen (secondary N) is 1. The molecule has 1 aliphatic heterocycles. The van der Waals surface area contributed by atoms with Crippen LogP contribution >= 0.6 is 0 Å². The van der Waals surface area contributed by atoms with Crippen molar-refractivity contribution in [3.63, 3.8) is 0 Å². The molecule has 3 heteroatoms. The largest absolute Gasteiger partial charge is 0.309 e. The second kappa shape index (κ2) is 3.04. The molecule has 0 radical (unpaired) electrons. The van der Waals surface area contributed by atoms with E-state index in [2.05, 4.69) is 22.4 Å². The molecule has 2 aliphatic rings. The molecule has 2 atom stereocenters. The van der Waals surface area contributed by atoms with Crippen molar-refractivity contribution in [2.45, 2.75) is 24.3 Å². The maximum absolute atomic E-state index is 9.26. The minimum absolute atomic E-state index is 0.127. The standard InChI is InChI=1S/C12H13N3/c13-6-11-10(8-15-12(11)3-4-12)9-2-1-5-14-7-9/h1-2,5,7,10-11,15H,3-4,8H2/t10-,11-/m1/s1. The molecule has 0 unspecified atom stereocenters. The fraction of sp³-hybridized carbons (Fsp3) is 0.500. The molecule has 2 fully saturated rings. The van der Waals surface area contributed by atoms with Crippen LogP contribution in [0.15, 0.2) is 24.5 Å². The Morgan fingerprint density at radius 2 is 2.40 bits per heavy atom. The molecule has 1 saturated carbocycles. The van der Waals surface area contributed by atoms with Gasteiger partial charge in [-0.05, 0) is 24.5 Å². The number of pyridine rings is 1. The molecule has 1 aromatic rings. The third-order valence-corrected chi connectivity index (χ3v) is 3.71. The van der Waals surface area contributed by atoms with Crippen LogP contribution in [0.4, 0.5) is 0 Å². The Bertz CT molecular complexity index is 403. The van der Waals surface area contributed by atoms with Gasteiger partial charge in [-0.15, -0.1) is 0 Å². The van der Waals surface area contributed by atoms with E-state index in [1.165, 1.54) is 5.56 Å². The zero-order valence-corrected chi connectivity index (χ0v) is 8.48. The van der Waals surface area contributed by atoms with E-state index in [9.17, 15) is 5.26 Å². The van der Waals surface area contributed by atoms with Crippen LogP contribution in [-0.2, 0) is 0 Å². The van der Waals surface area contributed by atoms with Gasteiger partial charge in [0.1, 0.15) is 0 Å². The lowest BCUT2D eigenvalue weighted by Crippen LogP contribution is -2.28. The fourth-order valence-electron chi connectivity index (χ4n) is 2.67. The van der Waals surface area contributed by atoms with E-state index in [1.807, 2.05) is 12.3 Å². The smallest absolute Gasteiger partial charge is 0.0726 e. The molecule has 76 valence electrons. The van der Waals surface area contributed by atoms with Gasteiger partial charge in [-0.25, -0.2) is 0 Å². The summed E-state index contributed by atoms with van der Waals surface area (Å²) in [5, 5.41) is 12.8. The van der Waals surface area contributed by atoms with Crippen LogP contribution in [0.2, 0.25) is 0 Å². The first kappa shape index (κ1) is 8.87. The Kier molecular flexibility index (Phi) is 1.80. The Morgan fingerprint density at radius 3 is 3.00 bits per heavy atom. The van der Waals surface area contributed by atoms with Crippen LogP contribution in [-0.4, -0.2) is 17.1 Å². The van der Waals surface area contributed by atoms with Crippen LogP contribution in [0.5, 0.6) is 0 Å². The van der Waals surface area contributed by atoms with Gasteiger partial charge >= 0.3 is 0 Å². The third-order valence-electron chi connectivity index (χ3n) is 3.71. The van der Waals surface area contributed by atoms with Crippen molar-refractivity contribution >= 4 is 0 Å². The monoisotopic (exact) mass is 199 g/mol. The highest BCUT2D eigenvalue weighted by Crippen LogP contribution is 2.51. The summed E-state index contributed by atoms with van der Waals surface area (Å²) in [6.07, 6.45) is 5.97. The normalized spacial score (nSPS) is 31.4. The van der Waals surface area contributed by atoms with Crippen LogP contribution in [0.25, 0.3) is 0 Å². The SMILES string of the molecule is N#C[C@@H]1[C@@H](c2cccnc2)CNC12CC2. The van der Waals surface area contributed by atoms with Crippen molar-refractivity contribution in [1.82, 2.24) is 10.3 Å². The summed E-state index contributed by atoms with van der Waals surface area (Å²) in [4.78, 5) is 4.13. The van der Waals surface area contributed by atoms with Crippen LogP contribution < -0.4 is 5.32 Å². The first-order valence-electron chi connectivity index (χ1n) is 5.40. The fourth-order valence-corrected chi connectivity index (χ4v) is 2.67. The zero-order chi connectivity index (χ0) is 10.3. The van der Waals surface area contributed by atoms with Gasteiger partial charge in [0.15, 0.2) is 0 Å². The van der Waals surface area contributed by atoms with Gasteiger partial charge in [-0.3, -0.25) is 4.98 Å². The lowest BCUT2D eigenvalue weighted by molar-refractivity contribution is 0.495. The van der Waals surface area contributed by atoms with Gasteiger partial charge in [0, 0.05) is 30.4 Å². The Hall–Kier alpha value is -1.40. The van der Waals surface area contributed by atoms with E-state index in [0.29, 0.717) is 5.92 Å². The van der Waals surface area contributed by atoms with Gasteiger partial charge in [-0.1, -0.05) is 6.07 Å². The molecule has 0 bridgehead atoms. The molecule has 1 aromatic heterocycles. The molecule has 2 heterocycles. The topological polar surface area (TPSA) is 48.7 Å². The van der Waals surface area contributed by atoms with Crippen molar-refractivity contribution in [3.8, 4) is 6.07 Å². The highest BCUT2D eigenvalue weighted by molar-refractivity contribution is 5.29. The predicted octanol–water partition coefficient (Wildman–Crippen LogP) is 1.44. The average molecular weight is 199 g/mol. The quantitative estimate of drug-likeness (QED) is 0.744. The number of rotatable bonds is 1. The minimum Gasteiger partial charge on any atom is -0.309 e. The number of nitriles is 1. The highest BCUT2D eigenvalue weighted by atomic mass is 15.1. The third kappa shape index (κ3) is 1.25. The maximum Gasteiger partial charge on any atom is 0.0726 e. The summed E-state index contributed by atoms with van der Waals surface area (Å²) in [5.41, 5.74) is 1.34. The highest BCUT2D eigenvalue weighted by Gasteiger charge is 2.56. The molecule has 0 aromatic carbocycles. The van der Waals surface area contributed by atoms with E-state index in [1.54, 1.807) is 6.20 Å². The van der Waals surface area contributed by atoms with Crippen molar-refractivity contribution in [1.29, 1.82) is 5.26 Å². The maximum atomic E-state index is 9.26. The van der Waals surface area contributed by atoms with Gasteiger partial charge in [0.05, 0.1) is 12.0 Å². The summed E-state index contributed by atoms with van der Waals surface area (Å²) in [5.74, 6) is 0.452. The van der Waals surface area contributed by atoms with E-state index < -0.39 is 0 Å². The van der Waals surface area contributed by atoms with Gasteiger partial charge < -0.3 is 5.32 Å². The first-order chi connectivity index (χ1) is 7.36. The van der Waals surface area contributed by atoms with Crippen molar-refractivity contribution < 1.29 is 0 Å². The Morgan fingerprint density at radius 1 is 1.53 bits per heavy atom. The van der Waals surface area contributed by atoms with Gasteiger partial charge in [0.25, 0.3) is 0 Å². The molecule has 3 rings (SSSR count). The van der Waals surface area contributed by atoms with E-state index >= 15 is 0 Å². The molecule has 1 aliphatic carbocycles. The number of hydrogen-bond acceptors (Lipinski definition) is 3. The van der Waals surface area contributed by atoms with Crippen LogP contribution in [0.1, 0.15) is 24.3 Å². The van der Waals surface area contributed by atoms with Gasteiger partial charge in [-0.2, -0.15) is 5.26 Å². The summed E-state index contributed by atoms with van der Waals surface area (Å²) >= 11 is 0. The summed E-state index contributed by atoms with van der Waals surface area (Å²) in [7, 11) is 0. The molecule has 1 saturated heterocycles. The lowest BCUT2D eigenvalue weighted by Gasteiger charge is -2.15. The molecule has 1 N–H and O–H groups in total. The molecule has 3 nitrogen and oxygen atoms in total.